The molecular weight excluding hydrogens is 604 g/mol. The Morgan fingerprint density at radius 2 is 1.64 bits per heavy atom. The first-order valence-corrected chi connectivity index (χ1v) is 14.3. The number of aryl methyl sites for hydroxylation is 1. The monoisotopic (exact) mass is 626 g/mol. The van der Waals surface area contributed by atoms with Gasteiger partial charge in [0.25, 0.3) is 10.0 Å². The van der Waals surface area contributed by atoms with Gasteiger partial charge in [-0.1, -0.05) is 59.6 Å². The van der Waals surface area contributed by atoms with Crippen LogP contribution in [-0.2, 0) is 14.8 Å². The fourth-order valence-electron chi connectivity index (χ4n) is 3.84. The van der Waals surface area contributed by atoms with Gasteiger partial charge in [0.1, 0.15) is 12.3 Å². The molecule has 0 radical (unpaired) electrons. The molecular formula is C29H24BrClN2O5S. The first-order chi connectivity index (χ1) is 18.6. The summed E-state index contributed by atoms with van der Waals surface area (Å²) in [4.78, 5) is 26.5. The first-order valence-electron chi connectivity index (χ1n) is 11.7. The van der Waals surface area contributed by atoms with Crippen molar-refractivity contribution < 1.29 is 22.7 Å². The second-order valence-electron chi connectivity index (χ2n) is 8.58. The highest BCUT2D eigenvalue weighted by atomic mass is 79.9. The Morgan fingerprint density at radius 1 is 0.949 bits per heavy atom. The van der Waals surface area contributed by atoms with Crippen molar-refractivity contribution in [2.45, 2.75) is 11.8 Å². The fraction of sp³-hybridized carbons (Fsp3) is 0.103. The summed E-state index contributed by atoms with van der Waals surface area (Å²) in [5.41, 5.74) is 2.05. The minimum atomic E-state index is -4.18. The summed E-state index contributed by atoms with van der Waals surface area (Å²) < 4.78 is 34.2. The molecule has 0 atom stereocenters. The largest absolute Gasteiger partial charge is 0.496 e. The number of hydrogen-bond donors (Lipinski definition) is 1. The van der Waals surface area contributed by atoms with E-state index in [1.807, 2.05) is 6.92 Å². The summed E-state index contributed by atoms with van der Waals surface area (Å²) >= 11 is 9.49. The van der Waals surface area contributed by atoms with Crippen molar-refractivity contribution >= 4 is 60.6 Å². The molecule has 0 aliphatic rings. The van der Waals surface area contributed by atoms with E-state index < -0.39 is 22.5 Å². The molecule has 0 saturated heterocycles. The summed E-state index contributed by atoms with van der Waals surface area (Å²) in [5, 5.41) is 3.02. The molecule has 0 unspecified atom stereocenters. The molecule has 0 bridgehead atoms. The Labute approximate surface area is 240 Å². The van der Waals surface area contributed by atoms with Gasteiger partial charge >= 0.3 is 0 Å². The quantitative estimate of drug-likeness (QED) is 0.214. The summed E-state index contributed by atoms with van der Waals surface area (Å²) in [6.45, 7) is 1.33. The van der Waals surface area contributed by atoms with Gasteiger partial charge in [0.15, 0.2) is 5.78 Å². The first kappa shape index (κ1) is 28.4. The lowest BCUT2D eigenvalue weighted by atomic mass is 10.0. The second-order valence-corrected chi connectivity index (χ2v) is 11.7. The molecule has 0 aliphatic heterocycles. The molecule has 4 aromatic rings. The van der Waals surface area contributed by atoms with E-state index in [-0.39, 0.29) is 21.9 Å². The van der Waals surface area contributed by atoms with Crippen LogP contribution in [0.1, 0.15) is 21.5 Å². The summed E-state index contributed by atoms with van der Waals surface area (Å²) in [5.74, 6) is -0.511. The molecule has 0 saturated carbocycles. The zero-order chi connectivity index (χ0) is 28.2. The van der Waals surface area contributed by atoms with Crippen LogP contribution in [0.4, 0.5) is 11.4 Å². The number of anilines is 2. The van der Waals surface area contributed by atoms with Crippen LogP contribution in [0.25, 0.3) is 0 Å². The Bertz CT molecular complexity index is 1630. The number of nitrogens with zero attached hydrogens (tertiary/aromatic N) is 1. The van der Waals surface area contributed by atoms with E-state index in [2.05, 4.69) is 21.2 Å². The lowest BCUT2D eigenvalue weighted by molar-refractivity contribution is -0.114. The average Bonchev–Trinajstić information content (AvgIpc) is 2.93. The fourth-order valence-corrected chi connectivity index (χ4v) is 6.15. The predicted molar refractivity (Wildman–Crippen MR) is 156 cm³/mol. The maximum absolute atomic E-state index is 13.8. The predicted octanol–water partition coefficient (Wildman–Crippen LogP) is 6.48. The van der Waals surface area contributed by atoms with Gasteiger partial charge in [0.05, 0.1) is 27.9 Å². The van der Waals surface area contributed by atoms with E-state index in [4.69, 9.17) is 16.3 Å². The zero-order valence-electron chi connectivity index (χ0n) is 21.0. The van der Waals surface area contributed by atoms with Gasteiger partial charge in [-0.2, -0.15) is 0 Å². The number of carbonyl (C=O) groups excluding carboxylic acids is 2. The van der Waals surface area contributed by atoms with Crippen LogP contribution in [0, 0.1) is 6.92 Å². The van der Waals surface area contributed by atoms with Crippen molar-refractivity contribution in [3.05, 3.63) is 117 Å². The number of carbonyl (C=O) groups is 2. The van der Waals surface area contributed by atoms with Gasteiger partial charge < -0.3 is 10.1 Å². The van der Waals surface area contributed by atoms with Crippen molar-refractivity contribution in [2.24, 2.45) is 0 Å². The summed E-state index contributed by atoms with van der Waals surface area (Å²) in [6.07, 6.45) is 0. The smallest absolute Gasteiger partial charge is 0.264 e. The molecule has 4 rings (SSSR count). The molecule has 10 heteroatoms. The number of sulfonamides is 1. The third-order valence-corrected chi connectivity index (χ3v) is 8.48. The lowest BCUT2D eigenvalue weighted by Crippen LogP contribution is -2.38. The number of methoxy groups -OCH3 is 1. The van der Waals surface area contributed by atoms with E-state index in [9.17, 15) is 18.0 Å². The van der Waals surface area contributed by atoms with Crippen LogP contribution in [-0.4, -0.2) is 33.8 Å². The molecule has 0 fully saturated rings. The zero-order valence-corrected chi connectivity index (χ0v) is 24.2. The van der Waals surface area contributed by atoms with Crippen LogP contribution in [0.3, 0.4) is 0 Å². The van der Waals surface area contributed by atoms with Gasteiger partial charge in [0.2, 0.25) is 5.91 Å². The number of benzene rings is 4. The molecule has 1 N–H and O–H groups in total. The number of amides is 1. The van der Waals surface area contributed by atoms with E-state index >= 15 is 0 Å². The van der Waals surface area contributed by atoms with E-state index in [0.717, 1.165) is 9.87 Å². The number of ketones is 1. The Hall–Kier alpha value is -3.66. The standard InChI is InChI=1S/C29H24BrClN2O5S/c1-19-8-11-22(12-9-19)33(39(36,37)23-13-15-27(38-2)25(30)17-23)18-28(34)32-26-14-10-21(31)16-24(26)29(35)20-6-4-3-5-7-20/h3-17H,18H2,1-2H3,(H,32,34). The Balaban J connectivity index is 1.68. The maximum atomic E-state index is 13.8. The number of halogens is 2. The van der Waals surface area contributed by atoms with Gasteiger partial charge in [-0.3, -0.25) is 13.9 Å². The number of rotatable bonds is 9. The van der Waals surface area contributed by atoms with E-state index in [1.54, 1.807) is 60.7 Å². The second kappa shape index (κ2) is 12.0. The van der Waals surface area contributed by atoms with Crippen molar-refractivity contribution in [3.8, 4) is 5.75 Å². The molecule has 7 nitrogen and oxygen atoms in total. The highest BCUT2D eigenvalue weighted by Gasteiger charge is 2.28. The van der Waals surface area contributed by atoms with Crippen molar-refractivity contribution in [3.63, 3.8) is 0 Å². The van der Waals surface area contributed by atoms with Crippen LogP contribution < -0.4 is 14.4 Å². The molecule has 0 aliphatic carbocycles. The third kappa shape index (κ3) is 6.50. The highest BCUT2D eigenvalue weighted by Crippen LogP contribution is 2.31. The molecule has 200 valence electrons. The Kier molecular flexibility index (Phi) is 8.74. The van der Waals surface area contributed by atoms with Gasteiger partial charge in [-0.15, -0.1) is 0 Å². The molecule has 0 heterocycles. The van der Waals surface area contributed by atoms with E-state index in [0.29, 0.717) is 26.5 Å². The Morgan fingerprint density at radius 3 is 2.28 bits per heavy atom. The van der Waals surface area contributed by atoms with Crippen LogP contribution in [0.2, 0.25) is 5.02 Å². The average molecular weight is 628 g/mol. The van der Waals surface area contributed by atoms with E-state index in [1.165, 1.54) is 37.4 Å². The summed E-state index contributed by atoms with van der Waals surface area (Å²) in [6, 6.07) is 24.2. The minimum absolute atomic E-state index is 0.0324. The SMILES string of the molecule is COc1ccc(S(=O)(=O)N(CC(=O)Nc2ccc(Cl)cc2C(=O)c2ccccc2)c2ccc(C)cc2)cc1Br. The maximum Gasteiger partial charge on any atom is 0.264 e. The minimum Gasteiger partial charge on any atom is -0.496 e. The highest BCUT2D eigenvalue weighted by molar-refractivity contribution is 9.10. The molecule has 0 spiro atoms. The number of ether oxygens (including phenoxy) is 1. The van der Waals surface area contributed by atoms with Crippen LogP contribution >= 0.6 is 27.5 Å². The van der Waals surface area contributed by atoms with Crippen molar-refractivity contribution in [1.29, 1.82) is 0 Å². The lowest BCUT2D eigenvalue weighted by Gasteiger charge is -2.25. The van der Waals surface area contributed by atoms with Gasteiger partial charge in [-0.25, -0.2) is 8.42 Å². The van der Waals surface area contributed by atoms with Crippen LogP contribution in [0.5, 0.6) is 5.75 Å². The van der Waals surface area contributed by atoms with Crippen molar-refractivity contribution in [2.75, 3.05) is 23.3 Å². The molecule has 0 aromatic heterocycles. The molecule has 1 amide bonds. The number of nitrogens with one attached hydrogen (secondary N) is 1. The normalized spacial score (nSPS) is 11.1. The third-order valence-electron chi connectivity index (χ3n) is 5.86. The van der Waals surface area contributed by atoms with Crippen molar-refractivity contribution in [1.82, 2.24) is 0 Å². The molecule has 39 heavy (non-hydrogen) atoms. The molecule has 4 aromatic carbocycles. The van der Waals surface area contributed by atoms with Gasteiger partial charge in [-0.05, 0) is 71.4 Å². The number of hydrogen-bond acceptors (Lipinski definition) is 5. The summed E-state index contributed by atoms with van der Waals surface area (Å²) in [7, 11) is -2.70. The van der Waals surface area contributed by atoms with Crippen LogP contribution in [0.15, 0.2) is 100 Å². The topological polar surface area (TPSA) is 92.8 Å². The van der Waals surface area contributed by atoms with Gasteiger partial charge in [0, 0.05) is 16.1 Å².